The second-order valence-electron chi connectivity index (χ2n) is 5.25. The summed E-state index contributed by atoms with van der Waals surface area (Å²) in [5.74, 6) is 0.950. The largest absolute Gasteiger partial charge is 0.491 e. The van der Waals surface area contributed by atoms with Crippen LogP contribution in [0.1, 0.15) is 32.0 Å². The lowest BCUT2D eigenvalue weighted by atomic mass is 10.1. The van der Waals surface area contributed by atoms with Gasteiger partial charge in [-0.2, -0.15) is 0 Å². The lowest BCUT2D eigenvalue weighted by Crippen LogP contribution is -2.12. The zero-order valence-electron chi connectivity index (χ0n) is 12.6. The van der Waals surface area contributed by atoms with Gasteiger partial charge in [0, 0.05) is 30.2 Å². The van der Waals surface area contributed by atoms with Crippen LogP contribution in [-0.2, 0) is 13.6 Å². The molecular weight excluding hydrogens is 236 g/mol. The van der Waals surface area contributed by atoms with E-state index in [2.05, 4.69) is 62.8 Å². The SMILES string of the molecule is CCNCc1c(C)n(C)c2ccc(OC(C)C)cc12. The molecule has 1 N–H and O–H groups in total. The summed E-state index contributed by atoms with van der Waals surface area (Å²) in [5, 5.41) is 4.71. The van der Waals surface area contributed by atoms with Crippen LogP contribution >= 0.6 is 0 Å². The van der Waals surface area contributed by atoms with Crippen LogP contribution in [0.2, 0.25) is 0 Å². The highest BCUT2D eigenvalue weighted by Crippen LogP contribution is 2.29. The number of benzene rings is 1. The smallest absolute Gasteiger partial charge is 0.120 e. The molecule has 0 spiro atoms. The van der Waals surface area contributed by atoms with Crippen molar-refractivity contribution in [3.63, 3.8) is 0 Å². The Labute approximate surface area is 115 Å². The van der Waals surface area contributed by atoms with Crippen LogP contribution in [0.15, 0.2) is 18.2 Å². The number of rotatable bonds is 5. The number of aryl methyl sites for hydroxylation is 1. The van der Waals surface area contributed by atoms with Crippen LogP contribution in [0.3, 0.4) is 0 Å². The van der Waals surface area contributed by atoms with E-state index in [0.29, 0.717) is 0 Å². The Bertz CT molecular complexity index is 570. The minimum atomic E-state index is 0.208. The molecule has 0 aliphatic heterocycles. The first kappa shape index (κ1) is 13.9. The Kier molecular flexibility index (Phi) is 4.15. The van der Waals surface area contributed by atoms with E-state index in [4.69, 9.17) is 4.74 Å². The van der Waals surface area contributed by atoms with Crippen molar-refractivity contribution in [1.29, 1.82) is 0 Å². The number of hydrogen-bond donors (Lipinski definition) is 1. The van der Waals surface area contributed by atoms with Gasteiger partial charge < -0.3 is 14.6 Å². The van der Waals surface area contributed by atoms with Gasteiger partial charge in [0.15, 0.2) is 0 Å². The van der Waals surface area contributed by atoms with Crippen molar-refractivity contribution in [2.24, 2.45) is 7.05 Å². The Morgan fingerprint density at radius 1 is 1.32 bits per heavy atom. The molecular formula is C16H24N2O. The monoisotopic (exact) mass is 260 g/mol. The van der Waals surface area contributed by atoms with Crippen molar-refractivity contribution in [3.8, 4) is 5.75 Å². The van der Waals surface area contributed by atoms with Gasteiger partial charge in [-0.15, -0.1) is 0 Å². The maximum Gasteiger partial charge on any atom is 0.120 e. The van der Waals surface area contributed by atoms with Gasteiger partial charge in [0.1, 0.15) is 5.75 Å². The summed E-state index contributed by atoms with van der Waals surface area (Å²) in [4.78, 5) is 0. The molecule has 1 aromatic carbocycles. The van der Waals surface area contributed by atoms with Crippen LogP contribution in [0, 0.1) is 6.92 Å². The third-order valence-corrected chi connectivity index (χ3v) is 3.52. The van der Waals surface area contributed by atoms with Gasteiger partial charge >= 0.3 is 0 Å². The van der Waals surface area contributed by atoms with Crippen LogP contribution in [-0.4, -0.2) is 17.2 Å². The summed E-state index contributed by atoms with van der Waals surface area (Å²) in [6.45, 7) is 10.3. The molecule has 0 atom stereocenters. The van der Waals surface area contributed by atoms with Crippen LogP contribution < -0.4 is 10.1 Å². The molecule has 2 rings (SSSR count). The minimum Gasteiger partial charge on any atom is -0.491 e. The van der Waals surface area contributed by atoms with Gasteiger partial charge in [-0.3, -0.25) is 0 Å². The number of ether oxygens (including phenoxy) is 1. The Morgan fingerprint density at radius 2 is 2.05 bits per heavy atom. The number of hydrogen-bond acceptors (Lipinski definition) is 2. The fourth-order valence-corrected chi connectivity index (χ4v) is 2.45. The number of aromatic nitrogens is 1. The first-order valence-corrected chi connectivity index (χ1v) is 6.99. The van der Waals surface area contributed by atoms with E-state index in [-0.39, 0.29) is 6.10 Å². The van der Waals surface area contributed by atoms with Crippen LogP contribution in [0.5, 0.6) is 5.75 Å². The Hall–Kier alpha value is -1.48. The molecule has 0 amide bonds. The zero-order chi connectivity index (χ0) is 14.0. The van der Waals surface area contributed by atoms with Crippen molar-refractivity contribution in [2.75, 3.05) is 6.54 Å². The molecule has 0 saturated heterocycles. The molecule has 0 bridgehead atoms. The predicted octanol–water partition coefficient (Wildman–Crippen LogP) is 3.38. The second-order valence-corrected chi connectivity index (χ2v) is 5.25. The van der Waals surface area contributed by atoms with Crippen LogP contribution in [0.25, 0.3) is 10.9 Å². The predicted molar refractivity (Wildman–Crippen MR) is 80.8 cm³/mol. The van der Waals surface area contributed by atoms with E-state index in [1.807, 2.05) is 0 Å². The van der Waals surface area contributed by atoms with E-state index >= 15 is 0 Å². The molecule has 1 aromatic heterocycles. The summed E-state index contributed by atoms with van der Waals surface area (Å²) in [6.07, 6.45) is 0.208. The Balaban J connectivity index is 2.49. The topological polar surface area (TPSA) is 26.2 Å². The van der Waals surface area contributed by atoms with Crippen molar-refractivity contribution >= 4 is 10.9 Å². The van der Waals surface area contributed by atoms with Gasteiger partial charge in [-0.05, 0) is 51.1 Å². The molecule has 3 heteroatoms. The summed E-state index contributed by atoms with van der Waals surface area (Å²) in [5.41, 5.74) is 3.95. The highest BCUT2D eigenvalue weighted by Gasteiger charge is 2.12. The van der Waals surface area contributed by atoms with Crippen molar-refractivity contribution in [1.82, 2.24) is 9.88 Å². The fraction of sp³-hybridized carbons (Fsp3) is 0.500. The summed E-state index contributed by atoms with van der Waals surface area (Å²) >= 11 is 0. The normalized spacial score (nSPS) is 11.5. The number of nitrogens with zero attached hydrogens (tertiary/aromatic N) is 1. The molecule has 0 saturated carbocycles. The average Bonchev–Trinajstić information content (AvgIpc) is 2.59. The van der Waals surface area contributed by atoms with Crippen LogP contribution in [0.4, 0.5) is 0 Å². The maximum absolute atomic E-state index is 5.80. The minimum absolute atomic E-state index is 0.208. The summed E-state index contributed by atoms with van der Waals surface area (Å²) in [7, 11) is 2.12. The molecule has 0 aliphatic rings. The standard InChI is InChI=1S/C16H24N2O/c1-6-17-10-15-12(4)18(5)16-8-7-13(9-14(15)16)19-11(2)3/h7-9,11,17H,6,10H2,1-5H3. The molecule has 1 heterocycles. The maximum atomic E-state index is 5.80. The van der Waals surface area contributed by atoms with Crippen molar-refractivity contribution in [2.45, 2.75) is 40.3 Å². The molecule has 0 radical (unpaired) electrons. The molecule has 3 nitrogen and oxygen atoms in total. The number of fused-ring (bicyclic) bond motifs is 1. The molecule has 0 unspecified atom stereocenters. The third kappa shape index (κ3) is 2.76. The zero-order valence-corrected chi connectivity index (χ0v) is 12.6. The van der Waals surface area contributed by atoms with E-state index < -0.39 is 0 Å². The lowest BCUT2D eigenvalue weighted by molar-refractivity contribution is 0.243. The molecule has 19 heavy (non-hydrogen) atoms. The van der Waals surface area contributed by atoms with Gasteiger partial charge in [0.05, 0.1) is 6.10 Å². The highest BCUT2D eigenvalue weighted by molar-refractivity contribution is 5.86. The lowest BCUT2D eigenvalue weighted by Gasteiger charge is -2.10. The van der Waals surface area contributed by atoms with E-state index in [0.717, 1.165) is 18.8 Å². The van der Waals surface area contributed by atoms with E-state index in [9.17, 15) is 0 Å². The highest BCUT2D eigenvalue weighted by atomic mass is 16.5. The van der Waals surface area contributed by atoms with Crippen molar-refractivity contribution < 1.29 is 4.74 Å². The van der Waals surface area contributed by atoms with E-state index in [1.54, 1.807) is 0 Å². The first-order valence-electron chi connectivity index (χ1n) is 6.99. The summed E-state index contributed by atoms with van der Waals surface area (Å²) in [6, 6.07) is 6.36. The first-order chi connectivity index (χ1) is 9.04. The quantitative estimate of drug-likeness (QED) is 0.892. The van der Waals surface area contributed by atoms with Gasteiger partial charge in [-0.25, -0.2) is 0 Å². The molecule has 0 fully saturated rings. The Morgan fingerprint density at radius 3 is 2.68 bits per heavy atom. The number of nitrogens with one attached hydrogen (secondary N) is 1. The van der Waals surface area contributed by atoms with Gasteiger partial charge in [0.2, 0.25) is 0 Å². The molecule has 0 aliphatic carbocycles. The van der Waals surface area contributed by atoms with E-state index in [1.165, 1.54) is 22.2 Å². The molecule has 104 valence electrons. The average molecular weight is 260 g/mol. The molecule has 2 aromatic rings. The summed E-state index contributed by atoms with van der Waals surface area (Å²) < 4.78 is 8.05. The third-order valence-electron chi connectivity index (χ3n) is 3.52. The van der Waals surface area contributed by atoms with Crippen molar-refractivity contribution in [3.05, 3.63) is 29.5 Å². The van der Waals surface area contributed by atoms with Gasteiger partial charge in [-0.1, -0.05) is 6.92 Å². The fourth-order valence-electron chi connectivity index (χ4n) is 2.45. The second kappa shape index (κ2) is 5.66. The van der Waals surface area contributed by atoms with Gasteiger partial charge in [0.25, 0.3) is 0 Å².